The summed E-state index contributed by atoms with van der Waals surface area (Å²) in [5.74, 6) is 0. The molecule has 0 amide bonds. The van der Waals surface area contributed by atoms with E-state index >= 15 is 0 Å². The number of hydrogen-bond donors (Lipinski definition) is 0. The summed E-state index contributed by atoms with van der Waals surface area (Å²) in [4.78, 5) is 0. The molecule has 0 unspecified atom stereocenters. The molecule has 0 aliphatic carbocycles. The first-order valence-corrected chi connectivity index (χ1v) is 18.3. The van der Waals surface area contributed by atoms with E-state index in [2.05, 4.69) is 142 Å². The molecule has 0 spiro atoms. The molecule has 46 heavy (non-hydrogen) atoms. The SMILES string of the molecule is CCCCc1ccc([Si](c2ccc(CCCC)cc2)(c2ccc(CCCC)cc2)[c-]2cccc2-c2ccccc2)cc1.[Cl-].[Cl-].[Cl-].[Ti+4]. The topological polar surface area (TPSA) is 0 Å². The van der Waals surface area contributed by atoms with Crippen LogP contribution in [0.2, 0.25) is 0 Å². The van der Waals surface area contributed by atoms with Crippen LogP contribution in [-0.4, -0.2) is 8.07 Å². The van der Waals surface area contributed by atoms with Crippen LogP contribution >= 0.6 is 0 Å². The van der Waals surface area contributed by atoms with Gasteiger partial charge >= 0.3 is 21.7 Å². The monoisotopic (exact) mass is 720 g/mol. The van der Waals surface area contributed by atoms with E-state index in [1.54, 1.807) is 0 Å². The van der Waals surface area contributed by atoms with E-state index in [0.29, 0.717) is 0 Å². The Morgan fingerprint density at radius 2 is 0.826 bits per heavy atom. The molecule has 0 aliphatic heterocycles. The van der Waals surface area contributed by atoms with Crippen LogP contribution in [0, 0.1) is 0 Å². The zero-order chi connectivity index (χ0) is 29.2. The van der Waals surface area contributed by atoms with Gasteiger partial charge in [-0.3, -0.25) is 0 Å². The predicted molar refractivity (Wildman–Crippen MR) is 187 cm³/mol. The van der Waals surface area contributed by atoms with Crippen LogP contribution < -0.4 is 58.0 Å². The van der Waals surface area contributed by atoms with Crippen LogP contribution in [0.15, 0.2) is 121 Å². The van der Waals surface area contributed by atoms with E-state index in [4.69, 9.17) is 0 Å². The molecular weight excluding hydrogens is 675 g/mol. The first-order chi connectivity index (χ1) is 20.7. The second-order valence-corrected chi connectivity index (χ2v) is 15.6. The van der Waals surface area contributed by atoms with Crippen LogP contribution in [0.1, 0.15) is 76.0 Å². The first-order valence-electron chi connectivity index (χ1n) is 16.3. The molecule has 0 heterocycles. The van der Waals surface area contributed by atoms with Gasteiger partial charge in [-0.05, 0) is 55.2 Å². The molecule has 0 radical (unpaired) electrons. The van der Waals surface area contributed by atoms with Gasteiger partial charge in [0, 0.05) is 0 Å². The van der Waals surface area contributed by atoms with E-state index in [0.717, 1.165) is 19.3 Å². The third-order valence-corrected chi connectivity index (χ3v) is 13.8. The summed E-state index contributed by atoms with van der Waals surface area (Å²) in [7, 11) is -2.64. The van der Waals surface area contributed by atoms with Gasteiger partial charge in [-0.25, -0.2) is 0 Å². The first kappa shape index (κ1) is 42.1. The average molecular weight is 722 g/mol. The van der Waals surface area contributed by atoms with Gasteiger partial charge in [0.1, 0.15) is 8.07 Å². The molecule has 0 aromatic heterocycles. The van der Waals surface area contributed by atoms with Crippen molar-refractivity contribution < 1.29 is 58.9 Å². The molecule has 240 valence electrons. The molecule has 5 rings (SSSR count). The van der Waals surface area contributed by atoms with E-state index in [-0.39, 0.29) is 58.9 Å². The Morgan fingerprint density at radius 1 is 0.457 bits per heavy atom. The Balaban J connectivity index is 0.00000264. The Hall–Kier alpha value is -1.97. The van der Waals surface area contributed by atoms with Crippen molar-refractivity contribution >= 4 is 28.8 Å². The molecule has 0 saturated carbocycles. The van der Waals surface area contributed by atoms with Crippen molar-refractivity contribution in [3.05, 3.63) is 138 Å². The number of aryl methyl sites for hydroxylation is 3. The van der Waals surface area contributed by atoms with Gasteiger partial charge in [-0.15, -0.1) is 16.3 Å². The summed E-state index contributed by atoms with van der Waals surface area (Å²) < 4.78 is 0. The number of hydrogen-bond acceptors (Lipinski definition) is 0. The Labute approximate surface area is 313 Å². The molecule has 0 nitrogen and oxygen atoms in total. The average Bonchev–Trinajstić information content (AvgIpc) is 3.54. The molecule has 0 fully saturated rings. The minimum absolute atomic E-state index is 0. The third-order valence-electron chi connectivity index (χ3n) is 8.92. The second kappa shape index (κ2) is 21.1. The van der Waals surface area contributed by atoms with Gasteiger partial charge in [0.15, 0.2) is 0 Å². The summed E-state index contributed by atoms with van der Waals surface area (Å²) in [5.41, 5.74) is 6.99. The Bertz CT molecular complexity index is 1390. The van der Waals surface area contributed by atoms with Gasteiger partial charge in [0.25, 0.3) is 0 Å². The quantitative estimate of drug-likeness (QED) is 0.0825. The molecule has 0 saturated heterocycles. The number of rotatable bonds is 14. The molecule has 5 aromatic carbocycles. The van der Waals surface area contributed by atoms with Crippen LogP contribution in [0.3, 0.4) is 0 Å². The molecule has 0 aliphatic rings. The van der Waals surface area contributed by atoms with Crippen LogP contribution in [0.5, 0.6) is 0 Å². The van der Waals surface area contributed by atoms with Crippen molar-refractivity contribution in [1.29, 1.82) is 0 Å². The van der Waals surface area contributed by atoms with E-state index in [1.807, 2.05) is 0 Å². The third kappa shape index (κ3) is 9.56. The van der Waals surface area contributed by atoms with Crippen LogP contribution in [0.25, 0.3) is 11.1 Å². The number of benzene rings is 4. The van der Waals surface area contributed by atoms with Crippen molar-refractivity contribution in [3.8, 4) is 11.1 Å². The largest absolute Gasteiger partial charge is 4.00 e. The maximum atomic E-state index is 2.47. The van der Waals surface area contributed by atoms with E-state index in [1.165, 1.54) is 87.1 Å². The summed E-state index contributed by atoms with van der Waals surface area (Å²) in [6.45, 7) is 6.84. The normalized spacial score (nSPS) is 10.6. The molecular formula is C41H47Cl3SiTi. The molecule has 5 heteroatoms. The summed E-state index contributed by atoms with van der Waals surface area (Å²) >= 11 is 0. The number of halogens is 3. The minimum Gasteiger partial charge on any atom is -1.00 e. The zero-order valence-electron chi connectivity index (χ0n) is 27.5. The molecule has 0 N–H and O–H groups in total. The fraction of sp³-hybridized carbons (Fsp3) is 0.293. The van der Waals surface area contributed by atoms with Crippen LogP contribution in [0.4, 0.5) is 0 Å². The van der Waals surface area contributed by atoms with Crippen molar-refractivity contribution in [1.82, 2.24) is 0 Å². The van der Waals surface area contributed by atoms with Gasteiger partial charge in [0.2, 0.25) is 0 Å². The van der Waals surface area contributed by atoms with Gasteiger partial charge in [-0.1, -0.05) is 159 Å². The zero-order valence-corrected chi connectivity index (χ0v) is 32.4. The summed E-state index contributed by atoms with van der Waals surface area (Å²) in [6, 6.07) is 47.3. The second-order valence-electron chi connectivity index (χ2n) is 11.9. The van der Waals surface area contributed by atoms with E-state index in [9.17, 15) is 0 Å². The number of unbranched alkanes of at least 4 members (excludes halogenated alkanes) is 3. The van der Waals surface area contributed by atoms with Gasteiger partial charge in [-0.2, -0.15) is 18.2 Å². The standard InChI is InChI=1S/C41H47Si.3ClH.Ti/c1-4-7-14-33-21-27-37(28-22-33)42(38-29-23-34(24-30-38)15-8-5-2,39-31-25-35(26-32-39)16-9-6-3)41-20-13-19-40(41)36-17-11-10-12-18-36;;;;/h10-13,17-32H,4-9,14-16H2,1-3H3;3*1H;/q-1;;;;+4/p-3. The fourth-order valence-corrected chi connectivity index (χ4v) is 11.4. The van der Waals surface area contributed by atoms with Crippen molar-refractivity contribution in [2.24, 2.45) is 0 Å². The van der Waals surface area contributed by atoms with Crippen LogP contribution in [-0.2, 0) is 41.0 Å². The van der Waals surface area contributed by atoms with E-state index < -0.39 is 8.07 Å². The van der Waals surface area contributed by atoms with Gasteiger partial charge in [0.05, 0.1) is 0 Å². The maximum Gasteiger partial charge on any atom is 4.00 e. The van der Waals surface area contributed by atoms with Crippen molar-refractivity contribution in [2.45, 2.75) is 78.6 Å². The van der Waals surface area contributed by atoms with Gasteiger partial charge < -0.3 is 37.2 Å². The summed E-state index contributed by atoms with van der Waals surface area (Å²) in [5, 5.41) is 5.88. The molecule has 5 aromatic rings. The minimum atomic E-state index is -2.64. The molecule has 0 atom stereocenters. The Kier molecular flexibility index (Phi) is 19.3. The predicted octanol–water partition coefficient (Wildman–Crippen LogP) is -0.513. The fourth-order valence-electron chi connectivity index (χ4n) is 6.49. The maximum absolute atomic E-state index is 2.64. The van der Waals surface area contributed by atoms with Crippen molar-refractivity contribution in [3.63, 3.8) is 0 Å². The smallest absolute Gasteiger partial charge is 1.00 e. The Morgan fingerprint density at radius 3 is 1.17 bits per heavy atom. The van der Waals surface area contributed by atoms with Crippen molar-refractivity contribution in [2.75, 3.05) is 0 Å². The summed E-state index contributed by atoms with van der Waals surface area (Å²) in [6.07, 6.45) is 10.8. The molecule has 0 bridgehead atoms.